The van der Waals surface area contributed by atoms with Crippen molar-refractivity contribution in [1.82, 2.24) is 0 Å². The van der Waals surface area contributed by atoms with Crippen LogP contribution >= 0.6 is 0 Å². The highest BCUT2D eigenvalue weighted by Crippen LogP contribution is 2.28. The van der Waals surface area contributed by atoms with Crippen molar-refractivity contribution in [2.45, 2.75) is 13.3 Å². The van der Waals surface area contributed by atoms with Crippen LogP contribution in [0.25, 0.3) is 0 Å². The maximum atomic E-state index is 5.52. The molecule has 1 radical (unpaired) electrons. The number of hydrogen-bond acceptors (Lipinski definition) is 1. The molecule has 0 unspecified atom stereocenters. The van der Waals surface area contributed by atoms with Gasteiger partial charge >= 0.3 is 0 Å². The number of para-hydroxylation sites is 1. The topological polar surface area (TPSA) is 9.23 Å². The Morgan fingerprint density at radius 1 is 1.36 bits per heavy atom. The Kier molecular flexibility index (Phi) is 1.57. The summed E-state index contributed by atoms with van der Waals surface area (Å²) in [6.07, 6.45) is 3.27. The van der Waals surface area contributed by atoms with E-state index in [-0.39, 0.29) is 0 Å². The average molecular weight is 147 g/mol. The third-order valence-corrected chi connectivity index (χ3v) is 1.97. The Morgan fingerprint density at radius 3 is 3.09 bits per heavy atom. The van der Waals surface area contributed by atoms with E-state index in [2.05, 4.69) is 31.5 Å². The predicted octanol–water partition coefficient (Wildman–Crippen LogP) is 2.33. The summed E-state index contributed by atoms with van der Waals surface area (Å²) in [5.74, 6) is 1.07. The summed E-state index contributed by atoms with van der Waals surface area (Å²) >= 11 is 0. The molecule has 1 heteroatoms. The summed E-state index contributed by atoms with van der Waals surface area (Å²) in [5.41, 5.74) is 2.48. The minimum Gasteiger partial charge on any atom is -0.493 e. The average Bonchev–Trinajstić information content (AvgIpc) is 2.06. The molecule has 1 aromatic rings. The summed E-state index contributed by atoms with van der Waals surface area (Å²) in [6.45, 7) is 2.91. The van der Waals surface area contributed by atoms with Crippen molar-refractivity contribution >= 4 is 0 Å². The van der Waals surface area contributed by atoms with Crippen molar-refractivity contribution in [1.29, 1.82) is 0 Å². The second-order valence-corrected chi connectivity index (χ2v) is 2.83. The molecule has 57 valence electrons. The van der Waals surface area contributed by atoms with Crippen LogP contribution in [0.2, 0.25) is 0 Å². The molecule has 11 heavy (non-hydrogen) atoms. The van der Waals surface area contributed by atoms with Crippen LogP contribution in [0, 0.1) is 13.3 Å². The van der Waals surface area contributed by atoms with Crippen molar-refractivity contribution in [2.24, 2.45) is 0 Å². The smallest absolute Gasteiger partial charge is 0.125 e. The lowest BCUT2D eigenvalue weighted by molar-refractivity contribution is 0.304. The molecule has 1 heterocycles. The van der Waals surface area contributed by atoms with Crippen molar-refractivity contribution < 1.29 is 4.74 Å². The number of ether oxygens (including phenoxy) is 1. The normalized spacial score (nSPS) is 15.4. The molecule has 0 bridgehead atoms. The maximum absolute atomic E-state index is 5.52. The number of hydrogen-bond donors (Lipinski definition) is 0. The van der Waals surface area contributed by atoms with Crippen LogP contribution in [0.4, 0.5) is 0 Å². The first-order valence-electron chi connectivity index (χ1n) is 3.93. The summed E-state index contributed by atoms with van der Waals surface area (Å²) in [7, 11) is 0. The second kappa shape index (κ2) is 2.57. The zero-order valence-corrected chi connectivity index (χ0v) is 6.63. The highest BCUT2D eigenvalue weighted by atomic mass is 16.5. The number of benzene rings is 1. The van der Waals surface area contributed by atoms with Gasteiger partial charge in [-0.3, -0.25) is 0 Å². The molecular formula is C10H11O. The van der Waals surface area contributed by atoms with Crippen molar-refractivity contribution in [2.75, 3.05) is 6.61 Å². The van der Waals surface area contributed by atoms with E-state index in [1.807, 2.05) is 0 Å². The first kappa shape index (κ1) is 6.71. The van der Waals surface area contributed by atoms with Gasteiger partial charge in [0, 0.05) is 0 Å². The van der Waals surface area contributed by atoms with Gasteiger partial charge in [-0.25, -0.2) is 0 Å². The molecule has 0 aliphatic carbocycles. The van der Waals surface area contributed by atoms with Gasteiger partial charge < -0.3 is 4.74 Å². The summed E-state index contributed by atoms with van der Waals surface area (Å²) < 4.78 is 5.52. The Hall–Kier alpha value is -0.980. The van der Waals surface area contributed by atoms with E-state index in [9.17, 15) is 0 Å². The first-order valence-corrected chi connectivity index (χ1v) is 3.93. The molecule has 0 aromatic heterocycles. The van der Waals surface area contributed by atoms with Crippen molar-refractivity contribution in [3.8, 4) is 5.75 Å². The van der Waals surface area contributed by atoms with Gasteiger partial charge in [0.1, 0.15) is 5.75 Å². The standard InChI is InChI=1S/C10H11O/c1-8-4-2-5-9-6-3-7-11-10(8)9/h2,4-6H,3,7H2,1H3. The van der Waals surface area contributed by atoms with E-state index >= 15 is 0 Å². The van der Waals surface area contributed by atoms with E-state index in [1.54, 1.807) is 0 Å². The second-order valence-electron chi connectivity index (χ2n) is 2.83. The van der Waals surface area contributed by atoms with Crippen LogP contribution in [0.15, 0.2) is 18.2 Å². The van der Waals surface area contributed by atoms with E-state index in [0.717, 1.165) is 18.8 Å². The zero-order valence-electron chi connectivity index (χ0n) is 6.63. The quantitative estimate of drug-likeness (QED) is 0.547. The molecule has 0 amide bonds. The molecule has 0 saturated carbocycles. The van der Waals surface area contributed by atoms with E-state index < -0.39 is 0 Å². The van der Waals surface area contributed by atoms with Crippen molar-refractivity contribution in [3.63, 3.8) is 0 Å². The van der Waals surface area contributed by atoms with Gasteiger partial charge in [-0.15, -0.1) is 0 Å². The number of rotatable bonds is 0. The molecule has 1 aromatic carbocycles. The summed E-state index contributed by atoms with van der Waals surface area (Å²) in [6, 6.07) is 6.25. The SMILES string of the molecule is Cc1cccc2c1OCC[CH]2. The van der Waals surface area contributed by atoms with Crippen LogP contribution in [0.3, 0.4) is 0 Å². The predicted molar refractivity (Wildman–Crippen MR) is 44.7 cm³/mol. The van der Waals surface area contributed by atoms with Crippen molar-refractivity contribution in [3.05, 3.63) is 35.7 Å². The zero-order chi connectivity index (χ0) is 7.68. The largest absolute Gasteiger partial charge is 0.493 e. The van der Waals surface area contributed by atoms with Gasteiger partial charge in [-0.1, -0.05) is 18.2 Å². The Morgan fingerprint density at radius 2 is 2.27 bits per heavy atom. The number of aryl methyl sites for hydroxylation is 1. The molecule has 0 atom stereocenters. The molecule has 1 aliphatic rings. The van der Waals surface area contributed by atoms with E-state index in [4.69, 9.17) is 4.74 Å². The monoisotopic (exact) mass is 147 g/mol. The fraction of sp³-hybridized carbons (Fsp3) is 0.300. The van der Waals surface area contributed by atoms with E-state index in [0.29, 0.717) is 0 Å². The molecule has 1 aliphatic heterocycles. The van der Waals surface area contributed by atoms with Crippen LogP contribution < -0.4 is 4.74 Å². The van der Waals surface area contributed by atoms with Gasteiger partial charge in [0.2, 0.25) is 0 Å². The Labute approximate surface area is 67.0 Å². The minimum atomic E-state index is 0.831. The lowest BCUT2D eigenvalue weighted by atomic mass is 10.0. The molecule has 0 N–H and O–H groups in total. The van der Waals surface area contributed by atoms with Crippen LogP contribution in [-0.2, 0) is 0 Å². The highest BCUT2D eigenvalue weighted by molar-refractivity contribution is 5.45. The first-order chi connectivity index (χ1) is 5.38. The molecule has 0 saturated heterocycles. The van der Waals surface area contributed by atoms with Gasteiger partial charge in [0.05, 0.1) is 6.61 Å². The number of fused-ring (bicyclic) bond motifs is 1. The molecule has 2 rings (SSSR count). The Bertz CT molecular complexity index is 266. The van der Waals surface area contributed by atoms with Crippen LogP contribution in [0.5, 0.6) is 5.75 Å². The fourth-order valence-corrected chi connectivity index (χ4v) is 1.41. The van der Waals surface area contributed by atoms with Gasteiger partial charge in [0.15, 0.2) is 0 Å². The molecule has 0 spiro atoms. The maximum Gasteiger partial charge on any atom is 0.125 e. The third-order valence-electron chi connectivity index (χ3n) is 1.97. The van der Waals surface area contributed by atoms with Crippen LogP contribution in [0.1, 0.15) is 17.5 Å². The van der Waals surface area contributed by atoms with Crippen LogP contribution in [-0.4, -0.2) is 6.61 Å². The Balaban J connectivity index is 2.49. The lowest BCUT2D eigenvalue weighted by Gasteiger charge is -2.18. The third kappa shape index (κ3) is 1.11. The lowest BCUT2D eigenvalue weighted by Crippen LogP contribution is -2.07. The van der Waals surface area contributed by atoms with Gasteiger partial charge in [-0.05, 0) is 30.9 Å². The van der Waals surface area contributed by atoms with Gasteiger partial charge in [0.25, 0.3) is 0 Å². The minimum absolute atomic E-state index is 0.831. The fourth-order valence-electron chi connectivity index (χ4n) is 1.41. The molecule has 1 nitrogen and oxygen atoms in total. The summed E-state index contributed by atoms with van der Waals surface area (Å²) in [4.78, 5) is 0. The molecular weight excluding hydrogens is 136 g/mol. The summed E-state index contributed by atoms with van der Waals surface area (Å²) in [5, 5.41) is 0. The molecule has 0 fully saturated rings. The highest BCUT2D eigenvalue weighted by Gasteiger charge is 2.10. The van der Waals surface area contributed by atoms with Gasteiger partial charge in [-0.2, -0.15) is 0 Å². The van der Waals surface area contributed by atoms with E-state index in [1.165, 1.54) is 11.1 Å².